The van der Waals surface area contributed by atoms with E-state index in [0.717, 1.165) is 13.1 Å². The molecule has 1 heterocycles. The second-order valence-electron chi connectivity index (χ2n) is 4.40. The molecule has 5 heteroatoms. The van der Waals surface area contributed by atoms with Crippen LogP contribution in [-0.4, -0.2) is 43.6 Å². The Balaban J connectivity index is 2.22. The maximum Gasteiger partial charge on any atom is 0.257 e. The van der Waals surface area contributed by atoms with Crippen LogP contribution in [0.1, 0.15) is 17.3 Å². The number of nitrogens with one attached hydrogen (secondary N) is 1. The third kappa shape index (κ3) is 2.46. The first-order valence-corrected chi connectivity index (χ1v) is 5.98. The highest BCUT2D eigenvalue weighted by Gasteiger charge is 2.25. The van der Waals surface area contributed by atoms with Gasteiger partial charge in [-0.2, -0.15) is 0 Å². The Bertz CT molecular complexity index is 451. The van der Waals surface area contributed by atoms with E-state index in [4.69, 9.17) is 4.74 Å². The van der Waals surface area contributed by atoms with Crippen molar-refractivity contribution >= 4 is 5.91 Å². The minimum absolute atomic E-state index is 0.0766. The number of amides is 1. The highest BCUT2D eigenvalue weighted by atomic mass is 19.1. The zero-order valence-corrected chi connectivity index (χ0v) is 10.6. The Morgan fingerprint density at radius 3 is 2.94 bits per heavy atom. The summed E-state index contributed by atoms with van der Waals surface area (Å²) in [5.41, 5.74) is 0.101. The number of rotatable bonds is 2. The van der Waals surface area contributed by atoms with Crippen LogP contribution in [0.25, 0.3) is 0 Å². The van der Waals surface area contributed by atoms with Crippen LogP contribution in [0.2, 0.25) is 0 Å². The SMILES string of the molecule is COc1ccc(C(=O)N2CCNC[C@H]2C)c(F)c1. The lowest BCUT2D eigenvalue weighted by atomic mass is 10.1. The number of halogens is 1. The molecule has 1 fully saturated rings. The monoisotopic (exact) mass is 252 g/mol. The van der Waals surface area contributed by atoms with Crippen molar-refractivity contribution in [2.24, 2.45) is 0 Å². The Kier molecular flexibility index (Phi) is 3.81. The molecule has 1 saturated heterocycles. The molecule has 0 saturated carbocycles. The molecule has 0 aromatic heterocycles. The number of hydrogen-bond acceptors (Lipinski definition) is 3. The van der Waals surface area contributed by atoms with E-state index in [1.54, 1.807) is 11.0 Å². The van der Waals surface area contributed by atoms with Crippen molar-refractivity contribution in [3.63, 3.8) is 0 Å². The summed E-state index contributed by atoms with van der Waals surface area (Å²) in [4.78, 5) is 13.9. The summed E-state index contributed by atoms with van der Waals surface area (Å²) in [6.07, 6.45) is 0. The predicted octanol–water partition coefficient (Wildman–Crippen LogP) is 1.27. The van der Waals surface area contributed by atoms with Crippen molar-refractivity contribution < 1.29 is 13.9 Å². The number of piperazine rings is 1. The number of carbonyl (C=O) groups is 1. The highest BCUT2D eigenvalue weighted by Crippen LogP contribution is 2.19. The van der Waals surface area contributed by atoms with E-state index in [1.807, 2.05) is 6.92 Å². The van der Waals surface area contributed by atoms with Crippen LogP contribution in [0.5, 0.6) is 5.75 Å². The fourth-order valence-corrected chi connectivity index (χ4v) is 2.09. The number of hydrogen-bond donors (Lipinski definition) is 1. The lowest BCUT2D eigenvalue weighted by Crippen LogP contribution is -2.52. The van der Waals surface area contributed by atoms with Crippen LogP contribution in [0, 0.1) is 5.82 Å². The Morgan fingerprint density at radius 2 is 2.33 bits per heavy atom. The average molecular weight is 252 g/mol. The van der Waals surface area contributed by atoms with Gasteiger partial charge in [0.1, 0.15) is 11.6 Å². The number of carbonyl (C=O) groups excluding carboxylic acids is 1. The van der Waals surface area contributed by atoms with Gasteiger partial charge in [-0.15, -0.1) is 0 Å². The van der Waals surface area contributed by atoms with Crippen LogP contribution in [-0.2, 0) is 0 Å². The molecule has 1 N–H and O–H groups in total. The second-order valence-corrected chi connectivity index (χ2v) is 4.40. The molecule has 0 unspecified atom stereocenters. The molecule has 1 atom stereocenters. The quantitative estimate of drug-likeness (QED) is 0.861. The largest absolute Gasteiger partial charge is 0.497 e. The van der Waals surface area contributed by atoms with Gasteiger partial charge < -0.3 is 15.0 Å². The van der Waals surface area contributed by atoms with E-state index >= 15 is 0 Å². The highest BCUT2D eigenvalue weighted by molar-refractivity contribution is 5.95. The normalized spacial score (nSPS) is 19.7. The van der Waals surface area contributed by atoms with Crippen LogP contribution in [0.4, 0.5) is 4.39 Å². The topological polar surface area (TPSA) is 41.6 Å². The molecule has 18 heavy (non-hydrogen) atoms. The molecule has 4 nitrogen and oxygen atoms in total. The third-order valence-electron chi connectivity index (χ3n) is 3.17. The van der Waals surface area contributed by atoms with E-state index in [2.05, 4.69) is 5.32 Å². The number of methoxy groups -OCH3 is 1. The van der Waals surface area contributed by atoms with Crippen LogP contribution >= 0.6 is 0 Å². The van der Waals surface area contributed by atoms with E-state index in [9.17, 15) is 9.18 Å². The molecule has 98 valence electrons. The van der Waals surface area contributed by atoms with Crippen molar-refractivity contribution in [2.45, 2.75) is 13.0 Å². The van der Waals surface area contributed by atoms with Crippen LogP contribution in [0.3, 0.4) is 0 Å². The molecule has 1 aromatic carbocycles. The summed E-state index contributed by atoms with van der Waals surface area (Å²) >= 11 is 0. The Morgan fingerprint density at radius 1 is 1.56 bits per heavy atom. The van der Waals surface area contributed by atoms with Crippen LogP contribution < -0.4 is 10.1 Å². The number of nitrogens with zero attached hydrogens (tertiary/aromatic N) is 1. The van der Waals surface area contributed by atoms with Gasteiger partial charge >= 0.3 is 0 Å². The van der Waals surface area contributed by atoms with Gasteiger partial charge in [-0.1, -0.05) is 0 Å². The molecule has 0 bridgehead atoms. The van der Waals surface area contributed by atoms with Gasteiger partial charge in [0.25, 0.3) is 5.91 Å². The average Bonchev–Trinajstić information content (AvgIpc) is 2.38. The van der Waals surface area contributed by atoms with Crippen molar-refractivity contribution in [1.29, 1.82) is 0 Å². The van der Waals surface area contributed by atoms with Gasteiger partial charge in [0.2, 0.25) is 0 Å². The van der Waals surface area contributed by atoms with E-state index in [0.29, 0.717) is 12.3 Å². The summed E-state index contributed by atoms with van der Waals surface area (Å²) < 4.78 is 18.7. The molecule has 1 amide bonds. The van der Waals surface area contributed by atoms with Crippen molar-refractivity contribution in [1.82, 2.24) is 10.2 Å². The Hall–Kier alpha value is -1.62. The zero-order valence-electron chi connectivity index (χ0n) is 10.6. The minimum Gasteiger partial charge on any atom is -0.497 e. The molecule has 0 radical (unpaired) electrons. The van der Waals surface area contributed by atoms with E-state index in [-0.39, 0.29) is 17.5 Å². The van der Waals surface area contributed by atoms with Gasteiger partial charge in [-0.25, -0.2) is 4.39 Å². The fraction of sp³-hybridized carbons (Fsp3) is 0.462. The first-order valence-electron chi connectivity index (χ1n) is 5.98. The molecular weight excluding hydrogens is 235 g/mol. The summed E-state index contributed by atoms with van der Waals surface area (Å²) in [5.74, 6) is -0.383. The fourth-order valence-electron chi connectivity index (χ4n) is 2.09. The minimum atomic E-state index is -0.537. The molecule has 0 aliphatic carbocycles. The standard InChI is InChI=1S/C13H17FN2O2/c1-9-8-15-5-6-16(9)13(17)11-4-3-10(18-2)7-12(11)14/h3-4,7,9,15H,5-6,8H2,1-2H3/t9-/m1/s1. The van der Waals surface area contributed by atoms with Crippen molar-refractivity contribution in [3.05, 3.63) is 29.6 Å². The number of ether oxygens (including phenoxy) is 1. The predicted molar refractivity (Wildman–Crippen MR) is 66.3 cm³/mol. The van der Waals surface area contributed by atoms with Gasteiger partial charge in [0.05, 0.1) is 12.7 Å². The van der Waals surface area contributed by atoms with Gasteiger partial charge in [0.15, 0.2) is 0 Å². The summed E-state index contributed by atoms with van der Waals surface area (Å²) in [5, 5.41) is 3.20. The summed E-state index contributed by atoms with van der Waals surface area (Å²) in [7, 11) is 1.47. The zero-order chi connectivity index (χ0) is 13.1. The Labute approximate surface area is 106 Å². The van der Waals surface area contributed by atoms with E-state index < -0.39 is 5.82 Å². The lowest BCUT2D eigenvalue weighted by molar-refractivity contribution is 0.0651. The summed E-state index contributed by atoms with van der Waals surface area (Å²) in [6.45, 7) is 4.04. The molecule has 1 aromatic rings. The van der Waals surface area contributed by atoms with Crippen molar-refractivity contribution in [2.75, 3.05) is 26.7 Å². The van der Waals surface area contributed by atoms with Gasteiger partial charge in [0, 0.05) is 31.7 Å². The smallest absolute Gasteiger partial charge is 0.257 e. The lowest BCUT2D eigenvalue weighted by Gasteiger charge is -2.34. The maximum absolute atomic E-state index is 13.8. The molecular formula is C13H17FN2O2. The molecule has 1 aliphatic rings. The van der Waals surface area contributed by atoms with Crippen molar-refractivity contribution in [3.8, 4) is 5.75 Å². The summed E-state index contributed by atoms with van der Waals surface area (Å²) in [6, 6.07) is 4.39. The molecule has 2 rings (SSSR count). The van der Waals surface area contributed by atoms with Crippen LogP contribution in [0.15, 0.2) is 18.2 Å². The van der Waals surface area contributed by atoms with Gasteiger partial charge in [-0.3, -0.25) is 4.79 Å². The maximum atomic E-state index is 13.8. The first-order chi connectivity index (χ1) is 8.63. The van der Waals surface area contributed by atoms with Gasteiger partial charge in [-0.05, 0) is 19.1 Å². The third-order valence-corrected chi connectivity index (χ3v) is 3.17. The number of benzene rings is 1. The second kappa shape index (κ2) is 5.35. The van der Waals surface area contributed by atoms with E-state index in [1.165, 1.54) is 19.2 Å². The molecule has 0 spiro atoms. The first kappa shape index (κ1) is 12.8. The molecule has 1 aliphatic heterocycles.